The van der Waals surface area contributed by atoms with Crippen LogP contribution in [0.25, 0.3) is 33.4 Å². The summed E-state index contributed by atoms with van der Waals surface area (Å²) in [5.74, 6) is -0.694. The molecule has 2 aromatic carbocycles. The SMILES string of the molecule is COc1cc2c(-c3ccccc3C(=O)O)c3cc(OC)c(=O)cc-3oc2cc1O. The van der Waals surface area contributed by atoms with Gasteiger partial charge in [0.1, 0.15) is 11.3 Å². The molecule has 0 radical (unpaired) electrons. The number of methoxy groups -OCH3 is 2. The first-order chi connectivity index (χ1) is 13.9. The van der Waals surface area contributed by atoms with Crippen molar-refractivity contribution in [2.24, 2.45) is 0 Å². The van der Waals surface area contributed by atoms with Crippen molar-refractivity contribution in [1.82, 2.24) is 0 Å². The molecular weight excluding hydrogens is 376 g/mol. The Bertz CT molecular complexity index is 1290. The molecule has 1 aliphatic heterocycles. The van der Waals surface area contributed by atoms with E-state index in [0.29, 0.717) is 22.1 Å². The molecule has 0 unspecified atom stereocenters. The van der Waals surface area contributed by atoms with Crippen molar-refractivity contribution in [1.29, 1.82) is 0 Å². The molecule has 7 nitrogen and oxygen atoms in total. The van der Waals surface area contributed by atoms with Crippen LogP contribution in [0, 0.1) is 0 Å². The minimum Gasteiger partial charge on any atom is -0.504 e. The molecule has 2 aliphatic rings. The standard InChI is InChI=1S/C22H16O7/c1-27-19-7-13-17(9-15(19)23)29-18-10-16(24)20(28-2)8-14(18)21(13)11-5-3-4-6-12(11)22(25)26/h3-10,23H,1-2H3,(H,25,26). The third-order valence-corrected chi connectivity index (χ3v) is 4.73. The van der Waals surface area contributed by atoms with Crippen LogP contribution in [0.15, 0.2) is 57.7 Å². The second-order valence-corrected chi connectivity index (χ2v) is 6.35. The predicted octanol–water partition coefficient (Wildman–Crippen LogP) is 3.99. The van der Waals surface area contributed by atoms with Crippen molar-refractivity contribution < 1.29 is 28.9 Å². The lowest BCUT2D eigenvalue weighted by atomic mass is 9.90. The van der Waals surface area contributed by atoms with Crippen LogP contribution >= 0.6 is 0 Å². The second kappa shape index (κ2) is 6.87. The zero-order valence-corrected chi connectivity index (χ0v) is 15.6. The normalized spacial score (nSPS) is 11.0. The van der Waals surface area contributed by atoms with Crippen LogP contribution in [0.1, 0.15) is 10.4 Å². The van der Waals surface area contributed by atoms with E-state index in [2.05, 4.69) is 0 Å². The minimum absolute atomic E-state index is 0.0820. The van der Waals surface area contributed by atoms with Gasteiger partial charge in [-0.05, 0) is 23.8 Å². The number of benzene rings is 3. The molecule has 146 valence electrons. The van der Waals surface area contributed by atoms with Crippen molar-refractivity contribution in [3.05, 3.63) is 64.3 Å². The van der Waals surface area contributed by atoms with Gasteiger partial charge >= 0.3 is 5.97 Å². The Kier molecular flexibility index (Phi) is 4.35. The van der Waals surface area contributed by atoms with Gasteiger partial charge in [0.25, 0.3) is 0 Å². The summed E-state index contributed by atoms with van der Waals surface area (Å²) in [4.78, 5) is 24.1. The average molecular weight is 392 g/mol. The van der Waals surface area contributed by atoms with Crippen molar-refractivity contribution >= 4 is 16.9 Å². The Morgan fingerprint density at radius 1 is 0.966 bits per heavy atom. The van der Waals surface area contributed by atoms with Crippen LogP contribution in [-0.4, -0.2) is 30.4 Å². The first-order valence-electron chi connectivity index (χ1n) is 8.63. The van der Waals surface area contributed by atoms with Gasteiger partial charge in [0.05, 0.1) is 19.8 Å². The zero-order valence-electron chi connectivity index (χ0n) is 15.6. The fourth-order valence-electron chi connectivity index (χ4n) is 3.41. The van der Waals surface area contributed by atoms with E-state index in [9.17, 15) is 19.8 Å². The zero-order chi connectivity index (χ0) is 20.7. The molecule has 2 N–H and O–H groups in total. The molecule has 0 saturated heterocycles. The van der Waals surface area contributed by atoms with E-state index in [-0.39, 0.29) is 39.6 Å². The maximum absolute atomic E-state index is 12.2. The molecule has 0 atom stereocenters. The predicted molar refractivity (Wildman–Crippen MR) is 106 cm³/mol. The van der Waals surface area contributed by atoms with E-state index < -0.39 is 5.97 Å². The summed E-state index contributed by atoms with van der Waals surface area (Å²) in [7, 11) is 2.80. The molecule has 29 heavy (non-hydrogen) atoms. The smallest absolute Gasteiger partial charge is 0.336 e. The number of hydrogen-bond donors (Lipinski definition) is 2. The molecule has 0 spiro atoms. The molecule has 4 rings (SSSR count). The van der Waals surface area contributed by atoms with Crippen molar-refractivity contribution in [3.8, 4) is 39.7 Å². The highest BCUT2D eigenvalue weighted by molar-refractivity contribution is 6.08. The van der Waals surface area contributed by atoms with Crippen LogP contribution in [0.3, 0.4) is 0 Å². The van der Waals surface area contributed by atoms with Crippen LogP contribution < -0.4 is 14.9 Å². The van der Waals surface area contributed by atoms with Gasteiger partial charge in [0.15, 0.2) is 17.2 Å². The number of phenols is 1. The first-order valence-corrected chi connectivity index (χ1v) is 8.63. The molecule has 2 aromatic rings. The molecule has 0 aromatic heterocycles. The van der Waals surface area contributed by atoms with E-state index in [1.165, 1.54) is 38.5 Å². The fraction of sp³-hybridized carbons (Fsp3) is 0.0909. The number of hydrogen-bond acceptors (Lipinski definition) is 6. The highest BCUT2D eigenvalue weighted by atomic mass is 16.5. The minimum atomic E-state index is -1.10. The van der Waals surface area contributed by atoms with Gasteiger partial charge in [-0.25, -0.2) is 4.79 Å². The third-order valence-electron chi connectivity index (χ3n) is 4.73. The van der Waals surface area contributed by atoms with Gasteiger partial charge < -0.3 is 24.1 Å². The van der Waals surface area contributed by atoms with Gasteiger partial charge in [0, 0.05) is 28.6 Å². The maximum Gasteiger partial charge on any atom is 0.336 e. The van der Waals surface area contributed by atoms with Gasteiger partial charge in [0.2, 0.25) is 5.43 Å². The van der Waals surface area contributed by atoms with E-state index in [1.807, 2.05) is 0 Å². The van der Waals surface area contributed by atoms with Crippen LogP contribution in [0.5, 0.6) is 17.2 Å². The molecule has 0 bridgehead atoms. The number of aromatic hydroxyl groups is 1. The Labute approximate surface area is 164 Å². The van der Waals surface area contributed by atoms with Gasteiger partial charge in [-0.2, -0.15) is 0 Å². The maximum atomic E-state index is 12.2. The summed E-state index contributed by atoms with van der Waals surface area (Å²) in [5.41, 5.74) is 1.43. The van der Waals surface area contributed by atoms with Crippen molar-refractivity contribution in [3.63, 3.8) is 0 Å². The number of ether oxygens (including phenoxy) is 2. The van der Waals surface area contributed by atoms with Crippen LogP contribution in [-0.2, 0) is 0 Å². The van der Waals surface area contributed by atoms with E-state index in [1.54, 1.807) is 24.3 Å². The molecule has 0 saturated carbocycles. The number of carboxylic acids is 1. The van der Waals surface area contributed by atoms with E-state index in [4.69, 9.17) is 13.9 Å². The second-order valence-electron chi connectivity index (χ2n) is 6.35. The highest BCUT2D eigenvalue weighted by Gasteiger charge is 2.24. The third kappa shape index (κ3) is 2.93. The first kappa shape index (κ1) is 18.4. The Morgan fingerprint density at radius 3 is 2.38 bits per heavy atom. The summed E-state index contributed by atoms with van der Waals surface area (Å²) >= 11 is 0. The Morgan fingerprint density at radius 2 is 1.69 bits per heavy atom. The van der Waals surface area contributed by atoms with Crippen LogP contribution in [0.4, 0.5) is 0 Å². The lowest BCUT2D eigenvalue weighted by molar-refractivity contribution is 0.0697. The largest absolute Gasteiger partial charge is 0.504 e. The summed E-state index contributed by atoms with van der Waals surface area (Å²) in [5, 5.41) is 20.4. The summed E-state index contributed by atoms with van der Waals surface area (Å²) in [6.45, 7) is 0. The summed E-state index contributed by atoms with van der Waals surface area (Å²) < 4.78 is 16.2. The Balaban J connectivity index is 2.25. The lowest BCUT2D eigenvalue weighted by Gasteiger charge is -2.18. The van der Waals surface area contributed by atoms with Crippen LogP contribution in [0.2, 0.25) is 0 Å². The summed E-state index contributed by atoms with van der Waals surface area (Å²) in [6.07, 6.45) is 0. The number of phenolic OH excluding ortho intramolecular Hbond substituents is 1. The number of carbonyl (C=O) groups is 1. The van der Waals surface area contributed by atoms with Gasteiger partial charge in [-0.1, -0.05) is 18.2 Å². The van der Waals surface area contributed by atoms with Gasteiger partial charge in [-0.3, -0.25) is 4.79 Å². The van der Waals surface area contributed by atoms with E-state index in [0.717, 1.165) is 0 Å². The average Bonchev–Trinajstić information content (AvgIpc) is 2.71. The number of rotatable bonds is 4. The molecule has 1 heterocycles. The molecule has 1 aliphatic carbocycles. The number of carboxylic acid groups (broad SMARTS) is 1. The quantitative estimate of drug-likeness (QED) is 0.506. The molecule has 0 fully saturated rings. The molecule has 0 amide bonds. The van der Waals surface area contributed by atoms with Crippen molar-refractivity contribution in [2.45, 2.75) is 0 Å². The summed E-state index contributed by atoms with van der Waals surface area (Å²) in [6, 6.07) is 12.3. The number of aromatic carboxylic acids is 1. The van der Waals surface area contributed by atoms with E-state index >= 15 is 0 Å². The fourth-order valence-corrected chi connectivity index (χ4v) is 3.41. The lowest BCUT2D eigenvalue weighted by Crippen LogP contribution is -2.07. The highest BCUT2D eigenvalue weighted by Crippen LogP contribution is 2.44. The number of fused-ring (bicyclic) bond motifs is 2. The molecular formula is C22H16O7. The van der Waals surface area contributed by atoms with Gasteiger partial charge in [-0.15, -0.1) is 0 Å². The van der Waals surface area contributed by atoms with Crippen molar-refractivity contribution in [2.75, 3.05) is 14.2 Å². The monoisotopic (exact) mass is 392 g/mol. The Hall–Kier alpha value is -4.00. The molecule has 7 heteroatoms. The topological polar surface area (TPSA) is 106 Å².